The Kier molecular flexibility index (Phi) is 5.04. The molecule has 0 aliphatic heterocycles. The predicted molar refractivity (Wildman–Crippen MR) is 66.8 cm³/mol. The van der Waals surface area contributed by atoms with Gasteiger partial charge in [-0.05, 0) is 19.8 Å². The number of terminal acetylenes is 1. The quantitative estimate of drug-likeness (QED) is 0.600. The first-order valence-corrected chi connectivity index (χ1v) is 6.30. The van der Waals surface area contributed by atoms with Gasteiger partial charge in [0.2, 0.25) is 5.91 Å². The molecule has 92 valence electrons. The molecule has 1 unspecified atom stereocenters. The third-order valence-electron chi connectivity index (χ3n) is 3.41. The summed E-state index contributed by atoms with van der Waals surface area (Å²) < 4.78 is 0. The average Bonchev–Trinajstić information content (AvgIpc) is 2.55. The predicted octanol–water partition coefficient (Wildman–Crippen LogP) is 2.38. The number of hydrogen-bond acceptors (Lipinski definition) is 2. The second-order valence-electron chi connectivity index (χ2n) is 4.89. The summed E-state index contributed by atoms with van der Waals surface area (Å²) in [5, 5.41) is 12.2. The SMILES string of the molecule is C#CCC(C)NC(=O)C1(C#N)CCCCCC1. The largest absolute Gasteiger partial charge is 0.351 e. The van der Waals surface area contributed by atoms with Gasteiger partial charge in [0.1, 0.15) is 5.41 Å². The summed E-state index contributed by atoms with van der Waals surface area (Å²) in [7, 11) is 0. The van der Waals surface area contributed by atoms with Gasteiger partial charge in [-0.15, -0.1) is 12.3 Å². The molecule has 1 saturated carbocycles. The van der Waals surface area contributed by atoms with Crippen molar-refractivity contribution in [3.63, 3.8) is 0 Å². The number of carbonyl (C=O) groups is 1. The van der Waals surface area contributed by atoms with Gasteiger partial charge in [0, 0.05) is 12.5 Å². The lowest BCUT2D eigenvalue weighted by Crippen LogP contribution is -2.43. The van der Waals surface area contributed by atoms with E-state index in [1.807, 2.05) is 6.92 Å². The van der Waals surface area contributed by atoms with Crippen LogP contribution in [0.25, 0.3) is 0 Å². The molecule has 1 rings (SSSR count). The van der Waals surface area contributed by atoms with Crippen LogP contribution in [0.1, 0.15) is 51.9 Å². The van der Waals surface area contributed by atoms with E-state index < -0.39 is 5.41 Å². The molecule has 1 aliphatic rings. The number of nitriles is 1. The first kappa shape index (κ1) is 13.6. The zero-order chi connectivity index (χ0) is 12.7. The fourth-order valence-corrected chi connectivity index (χ4v) is 2.31. The van der Waals surface area contributed by atoms with Gasteiger partial charge in [-0.2, -0.15) is 5.26 Å². The molecule has 0 aromatic rings. The second kappa shape index (κ2) is 6.30. The molecule has 1 N–H and O–H groups in total. The van der Waals surface area contributed by atoms with E-state index in [1.54, 1.807) is 0 Å². The first-order valence-electron chi connectivity index (χ1n) is 6.30. The van der Waals surface area contributed by atoms with Crippen LogP contribution < -0.4 is 5.32 Å². The van der Waals surface area contributed by atoms with E-state index in [-0.39, 0.29) is 11.9 Å². The highest BCUT2D eigenvalue weighted by Gasteiger charge is 2.39. The Labute approximate surface area is 104 Å². The van der Waals surface area contributed by atoms with E-state index in [0.717, 1.165) is 25.7 Å². The minimum atomic E-state index is -0.820. The Morgan fingerprint density at radius 2 is 2.00 bits per heavy atom. The molecule has 0 saturated heterocycles. The van der Waals surface area contributed by atoms with E-state index >= 15 is 0 Å². The summed E-state index contributed by atoms with van der Waals surface area (Å²) in [5.74, 6) is 2.39. The molecule has 1 aliphatic carbocycles. The highest BCUT2D eigenvalue weighted by molar-refractivity contribution is 5.85. The van der Waals surface area contributed by atoms with Gasteiger partial charge in [-0.25, -0.2) is 0 Å². The lowest BCUT2D eigenvalue weighted by molar-refractivity contribution is -0.129. The highest BCUT2D eigenvalue weighted by atomic mass is 16.2. The molecular weight excluding hydrogens is 212 g/mol. The normalized spacial score (nSPS) is 20.4. The lowest BCUT2D eigenvalue weighted by atomic mass is 9.80. The fraction of sp³-hybridized carbons (Fsp3) is 0.714. The molecule has 1 atom stereocenters. The summed E-state index contributed by atoms with van der Waals surface area (Å²) in [6, 6.07) is 2.19. The van der Waals surface area contributed by atoms with Crippen LogP contribution in [-0.2, 0) is 4.79 Å². The van der Waals surface area contributed by atoms with Crippen molar-refractivity contribution in [3.05, 3.63) is 0 Å². The van der Waals surface area contributed by atoms with E-state index in [9.17, 15) is 10.1 Å². The molecule has 17 heavy (non-hydrogen) atoms. The summed E-state index contributed by atoms with van der Waals surface area (Å²) in [6.07, 6.45) is 11.2. The van der Waals surface area contributed by atoms with Crippen molar-refractivity contribution in [1.82, 2.24) is 5.32 Å². The smallest absolute Gasteiger partial charge is 0.240 e. The minimum Gasteiger partial charge on any atom is -0.351 e. The van der Waals surface area contributed by atoms with Gasteiger partial charge in [-0.1, -0.05) is 25.7 Å². The van der Waals surface area contributed by atoms with Crippen LogP contribution in [0.5, 0.6) is 0 Å². The van der Waals surface area contributed by atoms with Crippen LogP contribution in [0.4, 0.5) is 0 Å². The maximum absolute atomic E-state index is 12.2. The van der Waals surface area contributed by atoms with Crippen LogP contribution in [0.15, 0.2) is 0 Å². The topological polar surface area (TPSA) is 52.9 Å². The lowest BCUT2D eigenvalue weighted by Gasteiger charge is -2.25. The van der Waals surface area contributed by atoms with Gasteiger partial charge in [0.25, 0.3) is 0 Å². The van der Waals surface area contributed by atoms with Gasteiger partial charge in [0.05, 0.1) is 6.07 Å². The molecule has 0 aromatic carbocycles. The summed E-state index contributed by atoms with van der Waals surface area (Å²) in [4.78, 5) is 12.2. The van der Waals surface area contributed by atoms with Gasteiger partial charge >= 0.3 is 0 Å². The van der Waals surface area contributed by atoms with Gasteiger partial charge < -0.3 is 5.32 Å². The molecule has 0 bridgehead atoms. The number of nitrogens with zero attached hydrogens (tertiary/aromatic N) is 1. The average molecular weight is 232 g/mol. The Morgan fingerprint density at radius 1 is 1.41 bits per heavy atom. The summed E-state index contributed by atoms with van der Waals surface area (Å²) in [5.41, 5.74) is -0.820. The van der Waals surface area contributed by atoms with Crippen molar-refractivity contribution >= 4 is 5.91 Å². The molecule has 0 aromatic heterocycles. The molecule has 0 spiro atoms. The van der Waals surface area contributed by atoms with E-state index in [4.69, 9.17) is 6.42 Å². The molecule has 3 heteroatoms. The van der Waals surface area contributed by atoms with Crippen molar-refractivity contribution < 1.29 is 4.79 Å². The fourth-order valence-electron chi connectivity index (χ4n) is 2.31. The summed E-state index contributed by atoms with van der Waals surface area (Å²) >= 11 is 0. The number of amides is 1. The molecule has 3 nitrogen and oxygen atoms in total. The standard InChI is InChI=1S/C14H20N2O/c1-3-8-12(2)16-13(17)14(11-15)9-6-4-5-7-10-14/h1,12H,4-10H2,2H3,(H,16,17). The van der Waals surface area contributed by atoms with Crippen LogP contribution in [0, 0.1) is 29.1 Å². The minimum absolute atomic E-state index is 0.0546. The summed E-state index contributed by atoms with van der Waals surface area (Å²) in [6.45, 7) is 1.87. The zero-order valence-electron chi connectivity index (χ0n) is 10.5. The molecule has 0 radical (unpaired) electrons. The van der Waals surface area contributed by atoms with Crippen LogP contribution in [-0.4, -0.2) is 11.9 Å². The highest BCUT2D eigenvalue weighted by Crippen LogP contribution is 2.34. The van der Waals surface area contributed by atoms with Crippen molar-refractivity contribution in [3.8, 4) is 18.4 Å². The molecular formula is C14H20N2O. The Hall–Kier alpha value is -1.48. The molecule has 0 heterocycles. The first-order chi connectivity index (χ1) is 8.14. The van der Waals surface area contributed by atoms with Crippen molar-refractivity contribution in [2.75, 3.05) is 0 Å². The zero-order valence-corrected chi connectivity index (χ0v) is 10.5. The van der Waals surface area contributed by atoms with E-state index in [2.05, 4.69) is 17.3 Å². The van der Waals surface area contributed by atoms with E-state index in [0.29, 0.717) is 19.3 Å². The monoisotopic (exact) mass is 232 g/mol. The Morgan fingerprint density at radius 3 is 2.47 bits per heavy atom. The van der Waals surface area contributed by atoms with E-state index in [1.165, 1.54) is 0 Å². The number of rotatable bonds is 3. The van der Waals surface area contributed by atoms with Crippen molar-refractivity contribution in [2.24, 2.45) is 5.41 Å². The molecule has 1 amide bonds. The maximum atomic E-state index is 12.2. The van der Waals surface area contributed by atoms with Gasteiger partial charge in [0.15, 0.2) is 0 Å². The number of nitrogens with one attached hydrogen (secondary N) is 1. The van der Waals surface area contributed by atoms with Crippen molar-refractivity contribution in [2.45, 2.75) is 57.9 Å². The Balaban J connectivity index is 2.69. The number of hydrogen-bond donors (Lipinski definition) is 1. The van der Waals surface area contributed by atoms with Crippen LogP contribution in [0.2, 0.25) is 0 Å². The third-order valence-corrected chi connectivity index (χ3v) is 3.41. The van der Waals surface area contributed by atoms with Crippen LogP contribution in [0.3, 0.4) is 0 Å². The second-order valence-corrected chi connectivity index (χ2v) is 4.89. The molecule has 1 fully saturated rings. The Bertz CT molecular complexity index is 340. The maximum Gasteiger partial charge on any atom is 0.240 e. The van der Waals surface area contributed by atoms with Crippen LogP contribution >= 0.6 is 0 Å². The third kappa shape index (κ3) is 3.49. The van der Waals surface area contributed by atoms with Gasteiger partial charge in [-0.3, -0.25) is 4.79 Å². The number of carbonyl (C=O) groups excluding carboxylic acids is 1. The van der Waals surface area contributed by atoms with Crippen molar-refractivity contribution in [1.29, 1.82) is 5.26 Å².